The number of rotatable bonds is 4. The maximum Gasteiger partial charge on any atom is 0.255 e. The van der Waals surface area contributed by atoms with Crippen LogP contribution in [0.1, 0.15) is 41.4 Å². The Hall–Kier alpha value is -2.61. The highest BCUT2D eigenvalue weighted by molar-refractivity contribution is 7.15. The van der Waals surface area contributed by atoms with Gasteiger partial charge in [0.15, 0.2) is 11.2 Å². The van der Waals surface area contributed by atoms with Crippen LogP contribution in [0.4, 0.5) is 5.13 Å². The van der Waals surface area contributed by atoms with Gasteiger partial charge in [0, 0.05) is 4.88 Å². The summed E-state index contributed by atoms with van der Waals surface area (Å²) in [5.41, 5.74) is 1.96. The van der Waals surface area contributed by atoms with Crippen LogP contribution in [-0.4, -0.2) is 31.1 Å². The van der Waals surface area contributed by atoms with Crippen LogP contribution in [0.15, 0.2) is 36.7 Å². The number of anilines is 1. The number of carbonyl (C=O) groups is 1. The summed E-state index contributed by atoms with van der Waals surface area (Å²) in [6, 6.07) is 8.86. The number of benzene rings is 1. The minimum atomic E-state index is -0.625. The average Bonchev–Trinajstić information content (AvgIpc) is 3.22. The van der Waals surface area contributed by atoms with Gasteiger partial charge < -0.3 is 0 Å². The minimum absolute atomic E-state index is 0.192. The van der Waals surface area contributed by atoms with E-state index in [9.17, 15) is 4.79 Å². The summed E-state index contributed by atoms with van der Waals surface area (Å²) < 4.78 is 1.46. The lowest BCUT2D eigenvalue weighted by molar-refractivity contribution is -0.118. The first kappa shape index (κ1) is 15.9. The Morgan fingerprint density at radius 2 is 2.00 bits per heavy atom. The smallest absolute Gasteiger partial charge is 0.255 e. The van der Waals surface area contributed by atoms with E-state index in [0.717, 1.165) is 24.1 Å². The fourth-order valence-corrected chi connectivity index (χ4v) is 4.16. The van der Waals surface area contributed by atoms with Crippen LogP contribution in [0.5, 0.6) is 0 Å². The van der Waals surface area contributed by atoms with Gasteiger partial charge in [-0.25, -0.2) is 9.67 Å². The fourth-order valence-electron chi connectivity index (χ4n) is 3.10. The molecule has 0 spiro atoms. The van der Waals surface area contributed by atoms with Gasteiger partial charge in [-0.15, -0.1) is 16.4 Å². The SMILES string of the molecule is O=C(Nc1nc2c(s1)CCCCC2)C(c1ccccc1)n1cnnn1. The standard InChI is InChI=1S/C17H18N6OS/c24-16(20-17-19-13-9-5-2-6-10-14(13)25-17)15(23-11-18-21-22-23)12-7-3-1-4-8-12/h1,3-4,7-8,11,15H,2,5-6,9-10H2,(H,19,20,24). The molecule has 8 heteroatoms. The van der Waals surface area contributed by atoms with Gasteiger partial charge >= 0.3 is 0 Å². The number of amides is 1. The van der Waals surface area contributed by atoms with Crippen molar-refractivity contribution >= 4 is 22.4 Å². The number of fused-ring (bicyclic) bond motifs is 1. The number of hydrogen-bond donors (Lipinski definition) is 1. The van der Waals surface area contributed by atoms with Gasteiger partial charge in [0.2, 0.25) is 0 Å². The van der Waals surface area contributed by atoms with Crippen molar-refractivity contribution in [2.45, 2.75) is 38.1 Å². The molecule has 0 aliphatic heterocycles. The molecule has 1 unspecified atom stereocenters. The highest BCUT2D eigenvalue weighted by atomic mass is 32.1. The van der Waals surface area contributed by atoms with E-state index in [4.69, 9.17) is 0 Å². The van der Waals surface area contributed by atoms with Crippen molar-refractivity contribution in [3.8, 4) is 0 Å². The molecule has 3 aromatic rings. The number of aryl methyl sites for hydroxylation is 2. The van der Waals surface area contributed by atoms with Gasteiger partial charge in [-0.3, -0.25) is 10.1 Å². The van der Waals surface area contributed by atoms with E-state index in [0.29, 0.717) is 5.13 Å². The highest BCUT2D eigenvalue weighted by Gasteiger charge is 2.25. The van der Waals surface area contributed by atoms with Gasteiger partial charge in [-0.05, 0) is 41.7 Å². The van der Waals surface area contributed by atoms with E-state index < -0.39 is 6.04 Å². The molecule has 1 N–H and O–H groups in total. The summed E-state index contributed by atoms with van der Waals surface area (Å²) in [4.78, 5) is 18.9. The molecule has 0 fully saturated rings. The maximum atomic E-state index is 12.9. The maximum absolute atomic E-state index is 12.9. The van der Waals surface area contributed by atoms with Crippen LogP contribution in [0.2, 0.25) is 0 Å². The Morgan fingerprint density at radius 1 is 1.16 bits per heavy atom. The first-order valence-electron chi connectivity index (χ1n) is 8.38. The van der Waals surface area contributed by atoms with Crippen molar-refractivity contribution in [2.24, 2.45) is 0 Å². The van der Waals surface area contributed by atoms with E-state index in [1.54, 1.807) is 11.3 Å². The summed E-state index contributed by atoms with van der Waals surface area (Å²) >= 11 is 1.58. The zero-order valence-corrected chi connectivity index (χ0v) is 14.4. The van der Waals surface area contributed by atoms with Crippen molar-refractivity contribution < 1.29 is 4.79 Å². The second kappa shape index (κ2) is 7.10. The molecule has 0 saturated carbocycles. The van der Waals surface area contributed by atoms with E-state index >= 15 is 0 Å². The van der Waals surface area contributed by atoms with E-state index in [1.165, 1.54) is 35.1 Å². The molecule has 0 bridgehead atoms. The zero-order chi connectivity index (χ0) is 17.1. The number of nitrogens with zero attached hydrogens (tertiary/aromatic N) is 5. The fraction of sp³-hybridized carbons (Fsp3) is 0.353. The van der Waals surface area contributed by atoms with Crippen molar-refractivity contribution in [3.63, 3.8) is 0 Å². The van der Waals surface area contributed by atoms with Gasteiger partial charge in [0.1, 0.15) is 6.33 Å². The number of thiazole rings is 1. The molecule has 0 radical (unpaired) electrons. The normalized spacial score (nSPS) is 15.2. The topological polar surface area (TPSA) is 85.6 Å². The number of aromatic nitrogens is 5. The number of nitrogens with one attached hydrogen (secondary N) is 1. The third kappa shape index (κ3) is 3.43. The Morgan fingerprint density at radius 3 is 2.80 bits per heavy atom. The van der Waals surface area contributed by atoms with Crippen LogP contribution >= 0.6 is 11.3 Å². The van der Waals surface area contributed by atoms with E-state index in [1.807, 2.05) is 30.3 Å². The first-order chi connectivity index (χ1) is 12.3. The Bertz CT molecular complexity index is 822. The van der Waals surface area contributed by atoms with E-state index in [-0.39, 0.29) is 5.91 Å². The number of tetrazole rings is 1. The molecule has 4 rings (SSSR count). The van der Waals surface area contributed by atoms with Crippen molar-refractivity contribution in [3.05, 3.63) is 52.8 Å². The molecular weight excluding hydrogens is 336 g/mol. The number of carbonyl (C=O) groups excluding carboxylic acids is 1. The lowest BCUT2D eigenvalue weighted by Crippen LogP contribution is -2.27. The lowest BCUT2D eigenvalue weighted by atomic mass is 10.1. The molecule has 7 nitrogen and oxygen atoms in total. The molecule has 1 aliphatic rings. The second-order valence-corrected chi connectivity index (χ2v) is 7.13. The highest BCUT2D eigenvalue weighted by Crippen LogP contribution is 2.30. The summed E-state index contributed by atoms with van der Waals surface area (Å²) in [6.07, 6.45) is 7.12. The molecule has 128 valence electrons. The average molecular weight is 354 g/mol. The molecule has 1 atom stereocenters. The summed E-state index contributed by atoms with van der Waals surface area (Å²) in [7, 11) is 0. The van der Waals surface area contributed by atoms with Gasteiger partial charge in [-0.2, -0.15) is 0 Å². The molecule has 25 heavy (non-hydrogen) atoms. The van der Waals surface area contributed by atoms with Gasteiger partial charge in [0.25, 0.3) is 5.91 Å². The predicted molar refractivity (Wildman–Crippen MR) is 94.4 cm³/mol. The first-order valence-corrected chi connectivity index (χ1v) is 9.20. The lowest BCUT2D eigenvalue weighted by Gasteiger charge is -2.15. The third-order valence-corrected chi connectivity index (χ3v) is 5.39. The molecule has 0 saturated heterocycles. The Kier molecular flexibility index (Phi) is 4.51. The van der Waals surface area contributed by atoms with E-state index in [2.05, 4.69) is 25.8 Å². The molecule has 1 aliphatic carbocycles. The van der Waals surface area contributed by atoms with Crippen LogP contribution < -0.4 is 5.32 Å². The third-order valence-electron chi connectivity index (χ3n) is 4.32. The van der Waals surface area contributed by atoms with Gasteiger partial charge in [0.05, 0.1) is 5.69 Å². The van der Waals surface area contributed by atoms with Crippen LogP contribution in [0.25, 0.3) is 0 Å². The summed E-state index contributed by atoms with van der Waals surface area (Å²) in [5, 5.41) is 14.8. The minimum Gasteiger partial charge on any atom is -0.300 e. The van der Waals surface area contributed by atoms with Crippen molar-refractivity contribution in [1.29, 1.82) is 0 Å². The Labute approximate surface area is 149 Å². The molecule has 2 heterocycles. The Balaban J connectivity index is 1.59. The molecule has 1 amide bonds. The number of hydrogen-bond acceptors (Lipinski definition) is 6. The van der Waals surface area contributed by atoms with Crippen LogP contribution in [0, 0.1) is 0 Å². The zero-order valence-electron chi connectivity index (χ0n) is 13.6. The largest absolute Gasteiger partial charge is 0.300 e. The van der Waals surface area contributed by atoms with Crippen LogP contribution in [-0.2, 0) is 17.6 Å². The summed E-state index contributed by atoms with van der Waals surface area (Å²) in [5.74, 6) is -0.192. The molecular formula is C17H18N6OS. The summed E-state index contributed by atoms with van der Waals surface area (Å²) in [6.45, 7) is 0. The second-order valence-electron chi connectivity index (χ2n) is 6.04. The monoisotopic (exact) mass is 354 g/mol. The van der Waals surface area contributed by atoms with Crippen LogP contribution in [0.3, 0.4) is 0 Å². The quantitative estimate of drug-likeness (QED) is 0.728. The molecule has 1 aromatic carbocycles. The van der Waals surface area contributed by atoms with Crippen molar-refractivity contribution in [2.75, 3.05) is 5.32 Å². The van der Waals surface area contributed by atoms with Gasteiger partial charge in [-0.1, -0.05) is 36.8 Å². The van der Waals surface area contributed by atoms with Crippen molar-refractivity contribution in [1.82, 2.24) is 25.2 Å². The molecule has 2 aromatic heterocycles. The predicted octanol–water partition coefficient (Wildman–Crippen LogP) is 2.63.